The van der Waals surface area contributed by atoms with Gasteiger partial charge in [-0.25, -0.2) is 13.4 Å². The van der Waals surface area contributed by atoms with Gasteiger partial charge >= 0.3 is 0 Å². The minimum Gasteiger partial charge on any atom is -0.508 e. The number of aliphatic imine (C=N–C) groups is 1. The summed E-state index contributed by atoms with van der Waals surface area (Å²) in [5.74, 6) is 0.160. The minimum atomic E-state index is -3.72. The number of benzene rings is 2. The summed E-state index contributed by atoms with van der Waals surface area (Å²) in [7, 11) is -3.72. The summed E-state index contributed by atoms with van der Waals surface area (Å²) in [5, 5.41) is 11.3. The number of aromatic nitrogens is 1. The second-order valence-electron chi connectivity index (χ2n) is 4.84. The van der Waals surface area contributed by atoms with Crippen LogP contribution in [0.25, 0.3) is 11.3 Å². The van der Waals surface area contributed by atoms with Crippen molar-refractivity contribution in [3.8, 4) is 17.0 Å². The fraction of sp³-hybridized carbons (Fsp3) is 0. The van der Waals surface area contributed by atoms with Crippen LogP contribution < -0.4 is 4.72 Å². The molecular formula is C16H13N3O3S2. The van der Waals surface area contributed by atoms with E-state index in [1.54, 1.807) is 41.8 Å². The molecule has 24 heavy (non-hydrogen) atoms. The van der Waals surface area contributed by atoms with Gasteiger partial charge in [-0.2, -0.15) is 0 Å². The van der Waals surface area contributed by atoms with Crippen molar-refractivity contribution >= 4 is 38.9 Å². The van der Waals surface area contributed by atoms with Crippen molar-refractivity contribution in [1.29, 1.82) is 0 Å². The zero-order valence-electron chi connectivity index (χ0n) is 12.4. The number of phenolic OH excluding ortho intramolecular Hbond substituents is 1. The average molecular weight is 359 g/mol. The van der Waals surface area contributed by atoms with E-state index >= 15 is 0 Å². The maximum atomic E-state index is 12.4. The van der Waals surface area contributed by atoms with Crippen LogP contribution in [0.1, 0.15) is 0 Å². The zero-order chi connectivity index (χ0) is 17.2. The van der Waals surface area contributed by atoms with Gasteiger partial charge in [0.25, 0.3) is 10.0 Å². The molecule has 122 valence electrons. The summed E-state index contributed by atoms with van der Waals surface area (Å²) in [6.07, 6.45) is 0. The van der Waals surface area contributed by atoms with Crippen molar-refractivity contribution in [2.75, 3.05) is 4.72 Å². The Morgan fingerprint density at radius 1 is 1.08 bits per heavy atom. The maximum absolute atomic E-state index is 12.4. The van der Waals surface area contributed by atoms with Crippen LogP contribution in [-0.2, 0) is 10.0 Å². The van der Waals surface area contributed by atoms with E-state index < -0.39 is 10.0 Å². The summed E-state index contributed by atoms with van der Waals surface area (Å²) in [5.41, 5.74) is 2.01. The van der Waals surface area contributed by atoms with E-state index in [2.05, 4.69) is 21.4 Å². The first-order chi connectivity index (χ1) is 11.5. The van der Waals surface area contributed by atoms with E-state index in [0.717, 1.165) is 5.56 Å². The second kappa shape index (κ2) is 6.42. The zero-order valence-corrected chi connectivity index (χ0v) is 14.0. The molecule has 0 bridgehead atoms. The van der Waals surface area contributed by atoms with Gasteiger partial charge in [0, 0.05) is 10.9 Å². The number of sulfonamides is 1. The van der Waals surface area contributed by atoms with E-state index in [1.807, 2.05) is 0 Å². The van der Waals surface area contributed by atoms with Crippen molar-refractivity contribution < 1.29 is 13.5 Å². The fourth-order valence-corrected chi connectivity index (χ4v) is 3.96. The molecule has 3 rings (SSSR count). The molecule has 0 radical (unpaired) electrons. The highest BCUT2D eigenvalue weighted by Gasteiger charge is 2.16. The highest BCUT2D eigenvalue weighted by atomic mass is 32.2. The SMILES string of the molecule is C=Nc1ccc(S(=O)(=O)Nc2nc(-c3ccc(O)cc3)cs2)cc1. The standard InChI is InChI=1S/C16H13N3O3S2/c1-17-12-4-8-14(9-5-12)24(21,22)19-16-18-15(10-23-16)11-2-6-13(20)7-3-11/h2-10,20H,1H2,(H,18,19). The van der Waals surface area contributed by atoms with Gasteiger partial charge in [0.1, 0.15) is 5.75 Å². The molecule has 0 aliphatic rings. The number of aromatic hydroxyl groups is 1. The van der Waals surface area contributed by atoms with Gasteiger partial charge in [-0.15, -0.1) is 11.3 Å². The molecule has 1 heterocycles. The fourth-order valence-electron chi connectivity index (χ4n) is 1.99. The minimum absolute atomic E-state index is 0.122. The number of nitrogens with zero attached hydrogens (tertiary/aromatic N) is 2. The monoisotopic (exact) mass is 359 g/mol. The molecule has 0 saturated carbocycles. The van der Waals surface area contributed by atoms with Crippen LogP contribution in [-0.4, -0.2) is 25.2 Å². The van der Waals surface area contributed by atoms with Gasteiger partial charge in [0.05, 0.1) is 16.3 Å². The predicted molar refractivity (Wildman–Crippen MR) is 95.7 cm³/mol. The van der Waals surface area contributed by atoms with Crippen LogP contribution in [0, 0.1) is 0 Å². The van der Waals surface area contributed by atoms with E-state index in [9.17, 15) is 13.5 Å². The van der Waals surface area contributed by atoms with Crippen LogP contribution in [0.15, 0.2) is 63.8 Å². The molecule has 8 heteroatoms. The summed E-state index contributed by atoms with van der Waals surface area (Å²) >= 11 is 1.19. The molecule has 0 saturated heterocycles. The molecule has 0 atom stereocenters. The number of hydrogen-bond donors (Lipinski definition) is 2. The molecule has 0 fully saturated rings. The lowest BCUT2D eigenvalue weighted by Gasteiger charge is -2.05. The van der Waals surface area contributed by atoms with Crippen molar-refractivity contribution in [3.63, 3.8) is 0 Å². The normalized spacial score (nSPS) is 11.2. The number of anilines is 1. The van der Waals surface area contributed by atoms with Crippen LogP contribution >= 0.6 is 11.3 Å². The quantitative estimate of drug-likeness (QED) is 0.680. The molecular weight excluding hydrogens is 346 g/mol. The van der Waals surface area contributed by atoms with Crippen molar-refractivity contribution in [3.05, 3.63) is 53.9 Å². The topological polar surface area (TPSA) is 91.7 Å². The van der Waals surface area contributed by atoms with Gasteiger partial charge in [-0.3, -0.25) is 9.71 Å². The number of thiazole rings is 1. The molecule has 0 unspecified atom stereocenters. The molecule has 0 amide bonds. The van der Waals surface area contributed by atoms with Crippen LogP contribution in [0.5, 0.6) is 5.75 Å². The van der Waals surface area contributed by atoms with Crippen LogP contribution in [0.4, 0.5) is 10.8 Å². The Labute approximate surface area is 143 Å². The number of hydrogen-bond acceptors (Lipinski definition) is 6. The Bertz CT molecular complexity index is 963. The Balaban J connectivity index is 1.82. The summed E-state index contributed by atoms with van der Waals surface area (Å²) in [6.45, 7) is 3.39. The first-order valence-corrected chi connectivity index (χ1v) is 9.19. The number of nitrogens with one attached hydrogen (secondary N) is 1. The van der Waals surface area contributed by atoms with Crippen LogP contribution in [0.3, 0.4) is 0 Å². The number of rotatable bonds is 5. The lowest BCUT2D eigenvalue weighted by Crippen LogP contribution is -2.12. The first-order valence-electron chi connectivity index (χ1n) is 6.82. The third kappa shape index (κ3) is 3.44. The molecule has 2 N–H and O–H groups in total. The average Bonchev–Trinajstić information content (AvgIpc) is 3.03. The van der Waals surface area contributed by atoms with E-state index in [-0.39, 0.29) is 15.8 Å². The predicted octanol–water partition coefficient (Wildman–Crippen LogP) is 3.65. The Morgan fingerprint density at radius 2 is 1.75 bits per heavy atom. The maximum Gasteiger partial charge on any atom is 0.263 e. The van der Waals surface area contributed by atoms with E-state index in [0.29, 0.717) is 11.4 Å². The van der Waals surface area contributed by atoms with Crippen molar-refractivity contribution in [2.24, 2.45) is 4.99 Å². The van der Waals surface area contributed by atoms with Gasteiger partial charge in [-0.05, 0) is 55.2 Å². The van der Waals surface area contributed by atoms with Crippen LogP contribution in [0.2, 0.25) is 0 Å². The lowest BCUT2D eigenvalue weighted by atomic mass is 10.2. The second-order valence-corrected chi connectivity index (χ2v) is 7.38. The largest absolute Gasteiger partial charge is 0.508 e. The molecule has 0 spiro atoms. The van der Waals surface area contributed by atoms with Gasteiger partial charge in [0.2, 0.25) is 0 Å². The van der Waals surface area contributed by atoms with E-state index in [4.69, 9.17) is 0 Å². The molecule has 6 nitrogen and oxygen atoms in total. The molecule has 0 aliphatic carbocycles. The molecule has 0 aliphatic heterocycles. The van der Waals surface area contributed by atoms with Gasteiger partial charge in [-0.1, -0.05) is 0 Å². The number of phenols is 1. The summed E-state index contributed by atoms with van der Waals surface area (Å²) in [6, 6.07) is 12.6. The first kappa shape index (κ1) is 16.2. The molecule has 2 aromatic carbocycles. The molecule has 1 aromatic heterocycles. The van der Waals surface area contributed by atoms with Gasteiger partial charge in [0.15, 0.2) is 5.13 Å². The van der Waals surface area contributed by atoms with Gasteiger partial charge < -0.3 is 5.11 Å². The summed E-state index contributed by atoms with van der Waals surface area (Å²) in [4.78, 5) is 8.12. The third-order valence-electron chi connectivity index (χ3n) is 3.22. The van der Waals surface area contributed by atoms with Crippen molar-refractivity contribution in [1.82, 2.24) is 4.98 Å². The van der Waals surface area contributed by atoms with Crippen molar-refractivity contribution in [2.45, 2.75) is 4.90 Å². The Kier molecular flexibility index (Phi) is 4.32. The molecule has 3 aromatic rings. The summed E-state index contributed by atoms with van der Waals surface area (Å²) < 4.78 is 27.2. The Hall–Kier alpha value is -2.71. The van der Waals surface area contributed by atoms with E-state index in [1.165, 1.54) is 23.5 Å². The third-order valence-corrected chi connectivity index (χ3v) is 5.46. The highest BCUT2D eigenvalue weighted by molar-refractivity contribution is 7.93. The Morgan fingerprint density at radius 3 is 2.38 bits per heavy atom. The highest BCUT2D eigenvalue weighted by Crippen LogP contribution is 2.28. The smallest absolute Gasteiger partial charge is 0.263 e. The lowest BCUT2D eigenvalue weighted by molar-refractivity contribution is 0.475.